The number of hydrogen-bond donors (Lipinski definition) is 1. The zero-order valence-corrected chi connectivity index (χ0v) is 15.2. The van der Waals surface area contributed by atoms with Gasteiger partial charge < -0.3 is 5.32 Å². The second-order valence-corrected chi connectivity index (χ2v) is 7.19. The number of hydrogen-bond acceptors (Lipinski definition) is 4. The van der Waals surface area contributed by atoms with Crippen LogP contribution in [0.15, 0.2) is 42.5 Å². The molecule has 0 atom stereocenters. The van der Waals surface area contributed by atoms with Crippen molar-refractivity contribution in [2.75, 3.05) is 0 Å². The Labute approximate surface area is 150 Å². The number of benzene rings is 2. The first-order chi connectivity index (χ1) is 12.0. The summed E-state index contributed by atoms with van der Waals surface area (Å²) in [5, 5.41) is 3.71. The molecule has 0 radical (unpaired) electrons. The van der Waals surface area contributed by atoms with E-state index in [9.17, 15) is 9.59 Å². The summed E-state index contributed by atoms with van der Waals surface area (Å²) in [6.45, 7) is 4.39. The van der Waals surface area contributed by atoms with Crippen LogP contribution in [-0.2, 0) is 11.3 Å². The number of aromatic nitrogens is 1. The average Bonchev–Trinajstić information content (AvgIpc) is 3.03. The Hall–Kier alpha value is -2.53. The Kier molecular flexibility index (Phi) is 5.24. The summed E-state index contributed by atoms with van der Waals surface area (Å²) in [4.78, 5) is 28.7. The Morgan fingerprint density at radius 1 is 1.04 bits per heavy atom. The summed E-state index contributed by atoms with van der Waals surface area (Å²) in [5.74, 6) is -0.130. The van der Waals surface area contributed by atoms with Gasteiger partial charge in [-0.1, -0.05) is 24.3 Å². The van der Waals surface area contributed by atoms with Crippen molar-refractivity contribution in [3.8, 4) is 0 Å². The molecule has 4 nitrogen and oxygen atoms in total. The highest BCUT2D eigenvalue weighted by Gasteiger charge is 2.11. The van der Waals surface area contributed by atoms with Gasteiger partial charge in [0.15, 0.2) is 5.78 Å². The predicted octanol–water partition coefficient (Wildman–Crippen LogP) is 4.19. The van der Waals surface area contributed by atoms with Crippen LogP contribution in [0.4, 0.5) is 0 Å². The summed E-state index contributed by atoms with van der Waals surface area (Å²) in [7, 11) is 0. The molecule has 2 aromatic carbocycles. The van der Waals surface area contributed by atoms with Crippen molar-refractivity contribution in [2.45, 2.75) is 33.2 Å². The van der Waals surface area contributed by atoms with E-state index in [2.05, 4.69) is 10.3 Å². The zero-order valence-electron chi connectivity index (χ0n) is 14.3. The van der Waals surface area contributed by atoms with Crippen molar-refractivity contribution in [1.29, 1.82) is 0 Å². The highest BCUT2D eigenvalue weighted by molar-refractivity contribution is 7.18. The third kappa shape index (κ3) is 4.31. The molecule has 25 heavy (non-hydrogen) atoms. The number of carbonyl (C=O) groups is 2. The van der Waals surface area contributed by atoms with E-state index in [1.807, 2.05) is 56.3 Å². The van der Waals surface area contributed by atoms with Gasteiger partial charge in [-0.2, -0.15) is 0 Å². The summed E-state index contributed by atoms with van der Waals surface area (Å²) in [5.41, 5.74) is 3.86. The van der Waals surface area contributed by atoms with Gasteiger partial charge in [0, 0.05) is 18.4 Å². The summed E-state index contributed by atoms with van der Waals surface area (Å²) < 4.78 is 1.11. The molecule has 1 heterocycles. The van der Waals surface area contributed by atoms with Crippen molar-refractivity contribution >= 4 is 33.2 Å². The Morgan fingerprint density at radius 3 is 2.60 bits per heavy atom. The molecule has 128 valence electrons. The minimum Gasteiger partial charge on any atom is -0.350 e. The van der Waals surface area contributed by atoms with E-state index in [0.29, 0.717) is 12.1 Å². The van der Waals surface area contributed by atoms with Crippen molar-refractivity contribution in [1.82, 2.24) is 10.3 Å². The molecule has 0 saturated heterocycles. The van der Waals surface area contributed by atoms with E-state index in [4.69, 9.17) is 0 Å². The Morgan fingerprint density at radius 2 is 1.84 bits per heavy atom. The molecular weight excluding hydrogens is 332 g/mol. The van der Waals surface area contributed by atoms with Crippen LogP contribution in [0.1, 0.15) is 39.3 Å². The summed E-state index contributed by atoms with van der Waals surface area (Å²) >= 11 is 1.57. The van der Waals surface area contributed by atoms with Crippen LogP contribution in [-0.4, -0.2) is 16.7 Å². The molecule has 0 unspecified atom stereocenters. The molecule has 0 spiro atoms. The summed E-state index contributed by atoms with van der Waals surface area (Å²) in [6, 6.07) is 13.5. The SMILES string of the molecule is Cc1ccc(C(=O)CCC(=O)NCc2nc3ccccc3s2)cc1C. The normalized spacial score (nSPS) is 10.8. The van der Waals surface area contributed by atoms with E-state index >= 15 is 0 Å². The van der Waals surface area contributed by atoms with Gasteiger partial charge in [0.25, 0.3) is 0 Å². The van der Waals surface area contributed by atoms with Gasteiger partial charge in [0.1, 0.15) is 5.01 Å². The minimum absolute atomic E-state index is 0.00163. The molecule has 3 rings (SSSR count). The van der Waals surface area contributed by atoms with Crippen LogP contribution < -0.4 is 5.32 Å². The number of ketones is 1. The predicted molar refractivity (Wildman–Crippen MR) is 101 cm³/mol. The maximum absolute atomic E-state index is 12.2. The molecule has 0 bridgehead atoms. The van der Waals surface area contributed by atoms with Crippen LogP contribution in [0.25, 0.3) is 10.2 Å². The number of fused-ring (bicyclic) bond motifs is 1. The molecule has 0 aliphatic rings. The van der Waals surface area contributed by atoms with Crippen LogP contribution in [0.2, 0.25) is 0 Å². The lowest BCUT2D eigenvalue weighted by molar-refractivity contribution is -0.121. The maximum Gasteiger partial charge on any atom is 0.220 e. The largest absolute Gasteiger partial charge is 0.350 e. The number of Topliss-reactive ketones (excluding diaryl/α,β-unsaturated/α-hetero) is 1. The molecule has 5 heteroatoms. The molecule has 1 aromatic heterocycles. The van der Waals surface area contributed by atoms with Gasteiger partial charge in [-0.25, -0.2) is 4.98 Å². The molecule has 0 aliphatic heterocycles. The topological polar surface area (TPSA) is 59.1 Å². The van der Waals surface area contributed by atoms with E-state index in [1.54, 1.807) is 11.3 Å². The zero-order chi connectivity index (χ0) is 17.8. The first-order valence-electron chi connectivity index (χ1n) is 8.24. The number of carbonyl (C=O) groups excluding carboxylic acids is 2. The second-order valence-electron chi connectivity index (χ2n) is 6.07. The Bertz CT molecular complexity index is 897. The highest BCUT2D eigenvalue weighted by Crippen LogP contribution is 2.21. The molecule has 3 aromatic rings. The number of nitrogens with one attached hydrogen (secondary N) is 1. The third-order valence-electron chi connectivity index (χ3n) is 4.18. The van der Waals surface area contributed by atoms with Gasteiger partial charge in [-0.3, -0.25) is 9.59 Å². The maximum atomic E-state index is 12.2. The fourth-order valence-corrected chi connectivity index (χ4v) is 3.45. The van der Waals surface area contributed by atoms with Gasteiger partial charge in [0.05, 0.1) is 16.8 Å². The van der Waals surface area contributed by atoms with Crippen LogP contribution in [0, 0.1) is 13.8 Å². The van der Waals surface area contributed by atoms with Crippen LogP contribution >= 0.6 is 11.3 Å². The summed E-state index contributed by atoms with van der Waals surface area (Å²) in [6.07, 6.45) is 0.408. The monoisotopic (exact) mass is 352 g/mol. The fraction of sp³-hybridized carbons (Fsp3) is 0.250. The van der Waals surface area contributed by atoms with Crippen LogP contribution in [0.5, 0.6) is 0 Å². The van der Waals surface area contributed by atoms with Gasteiger partial charge in [-0.15, -0.1) is 11.3 Å². The van der Waals surface area contributed by atoms with Gasteiger partial charge in [0.2, 0.25) is 5.91 Å². The van der Waals surface area contributed by atoms with Gasteiger partial charge in [-0.05, 0) is 43.2 Å². The molecule has 0 aliphatic carbocycles. The number of rotatable bonds is 6. The number of aryl methyl sites for hydroxylation is 2. The van der Waals surface area contributed by atoms with Crippen molar-refractivity contribution in [2.24, 2.45) is 0 Å². The van der Waals surface area contributed by atoms with Gasteiger partial charge >= 0.3 is 0 Å². The minimum atomic E-state index is -0.128. The fourth-order valence-electron chi connectivity index (χ4n) is 2.54. The smallest absolute Gasteiger partial charge is 0.220 e. The molecule has 0 fully saturated rings. The average molecular weight is 352 g/mol. The number of amides is 1. The lowest BCUT2D eigenvalue weighted by atomic mass is 10.0. The molecule has 0 saturated carbocycles. The second kappa shape index (κ2) is 7.57. The standard InChI is InChI=1S/C20H20N2O2S/c1-13-7-8-15(11-14(13)2)17(23)9-10-19(24)21-12-20-22-16-5-3-4-6-18(16)25-20/h3-8,11H,9-10,12H2,1-2H3,(H,21,24). The van der Waals surface area contributed by atoms with E-state index in [1.165, 1.54) is 0 Å². The number of para-hydroxylation sites is 1. The van der Waals surface area contributed by atoms with Crippen LogP contribution in [0.3, 0.4) is 0 Å². The lowest BCUT2D eigenvalue weighted by Gasteiger charge is -2.05. The third-order valence-corrected chi connectivity index (χ3v) is 5.22. The molecule has 1 N–H and O–H groups in total. The quantitative estimate of drug-likeness (QED) is 0.677. The van der Waals surface area contributed by atoms with E-state index in [0.717, 1.165) is 26.4 Å². The van der Waals surface area contributed by atoms with E-state index in [-0.39, 0.29) is 24.5 Å². The number of thiazole rings is 1. The van der Waals surface area contributed by atoms with Crippen molar-refractivity contribution in [3.05, 3.63) is 64.2 Å². The first-order valence-corrected chi connectivity index (χ1v) is 9.06. The lowest BCUT2D eigenvalue weighted by Crippen LogP contribution is -2.23. The van der Waals surface area contributed by atoms with Crippen molar-refractivity contribution in [3.63, 3.8) is 0 Å². The number of nitrogens with zero attached hydrogens (tertiary/aromatic N) is 1. The molecule has 1 amide bonds. The molecular formula is C20H20N2O2S. The highest BCUT2D eigenvalue weighted by atomic mass is 32.1. The van der Waals surface area contributed by atoms with E-state index < -0.39 is 0 Å². The first kappa shape index (κ1) is 17.3. The van der Waals surface area contributed by atoms with Crippen molar-refractivity contribution < 1.29 is 9.59 Å². The Balaban J connectivity index is 1.50.